The summed E-state index contributed by atoms with van der Waals surface area (Å²) in [5.74, 6) is -1.71. The molecule has 1 N–H and O–H groups in total. The van der Waals surface area contributed by atoms with E-state index in [0.29, 0.717) is 22.8 Å². The van der Waals surface area contributed by atoms with Crippen molar-refractivity contribution in [2.24, 2.45) is 0 Å². The minimum absolute atomic E-state index is 0.319. The molecule has 5 amide bonds. The summed E-state index contributed by atoms with van der Waals surface area (Å²) in [7, 11) is 2.76. The Morgan fingerprint density at radius 2 is 1.87 bits per heavy atom. The number of nitrogens with one attached hydrogen (secondary N) is 1. The van der Waals surface area contributed by atoms with Gasteiger partial charge in [0, 0.05) is 13.6 Å². The van der Waals surface area contributed by atoms with E-state index in [0.717, 1.165) is 11.3 Å². The first-order chi connectivity index (χ1) is 11.0. The van der Waals surface area contributed by atoms with Gasteiger partial charge in [-0.25, -0.2) is 9.69 Å². The van der Waals surface area contributed by atoms with Gasteiger partial charge >= 0.3 is 17.8 Å². The predicted molar refractivity (Wildman–Crippen MR) is 79.6 cm³/mol. The number of benzene rings is 1. The Labute approximate surface area is 133 Å². The first-order valence-electron chi connectivity index (χ1n) is 6.97. The number of hydrogen-bond acceptors (Lipinski definition) is 5. The third-order valence-electron chi connectivity index (χ3n) is 3.46. The van der Waals surface area contributed by atoms with Gasteiger partial charge in [-0.3, -0.25) is 19.3 Å². The highest BCUT2D eigenvalue weighted by Crippen LogP contribution is 2.17. The van der Waals surface area contributed by atoms with Gasteiger partial charge in [0.2, 0.25) is 5.91 Å². The lowest BCUT2D eigenvalue weighted by Crippen LogP contribution is -2.41. The number of rotatable bonds is 6. The molecule has 0 spiro atoms. The van der Waals surface area contributed by atoms with Crippen molar-refractivity contribution in [1.29, 1.82) is 0 Å². The van der Waals surface area contributed by atoms with Crippen LogP contribution in [0, 0.1) is 0 Å². The number of nitrogens with zero attached hydrogens (tertiary/aromatic N) is 2. The molecule has 1 aliphatic heterocycles. The Hall–Kier alpha value is -2.90. The van der Waals surface area contributed by atoms with Crippen molar-refractivity contribution in [1.82, 2.24) is 15.1 Å². The summed E-state index contributed by atoms with van der Waals surface area (Å²) in [6.45, 7) is -0.154. The zero-order valence-corrected chi connectivity index (χ0v) is 12.9. The van der Waals surface area contributed by atoms with Crippen LogP contribution in [0.4, 0.5) is 4.79 Å². The Morgan fingerprint density at radius 1 is 1.17 bits per heavy atom. The van der Waals surface area contributed by atoms with Crippen LogP contribution in [0.25, 0.3) is 0 Å². The summed E-state index contributed by atoms with van der Waals surface area (Å²) in [6.07, 6.45) is 0.538. The maximum atomic E-state index is 11.8. The van der Waals surface area contributed by atoms with Crippen molar-refractivity contribution in [3.8, 4) is 5.75 Å². The second kappa shape index (κ2) is 6.91. The van der Waals surface area contributed by atoms with Gasteiger partial charge in [-0.15, -0.1) is 0 Å². The second-order valence-corrected chi connectivity index (χ2v) is 4.95. The van der Waals surface area contributed by atoms with Crippen LogP contribution in [0.15, 0.2) is 24.3 Å². The molecule has 1 aromatic carbocycles. The average Bonchev–Trinajstić information content (AvgIpc) is 2.73. The quantitative estimate of drug-likeness (QED) is 0.577. The number of methoxy groups -OCH3 is 1. The van der Waals surface area contributed by atoms with Crippen LogP contribution in [-0.4, -0.2) is 60.8 Å². The average molecular weight is 319 g/mol. The normalized spacial score (nSPS) is 14.4. The van der Waals surface area contributed by atoms with E-state index in [9.17, 15) is 19.2 Å². The Morgan fingerprint density at radius 3 is 2.48 bits per heavy atom. The maximum Gasteiger partial charge on any atom is 0.334 e. The highest BCUT2D eigenvalue weighted by atomic mass is 16.5. The number of carbonyl (C=O) groups excluding carboxylic acids is 4. The maximum absolute atomic E-state index is 11.8. The molecular formula is C15H17N3O5. The van der Waals surface area contributed by atoms with Crippen LogP contribution in [-0.2, 0) is 20.8 Å². The number of amides is 5. The van der Waals surface area contributed by atoms with Crippen molar-refractivity contribution in [2.45, 2.75) is 6.42 Å². The van der Waals surface area contributed by atoms with E-state index in [4.69, 9.17) is 4.74 Å². The van der Waals surface area contributed by atoms with Crippen LogP contribution in [0.2, 0.25) is 0 Å². The zero-order chi connectivity index (χ0) is 17.0. The Kier molecular flexibility index (Phi) is 4.95. The van der Waals surface area contributed by atoms with Gasteiger partial charge in [0.05, 0.1) is 7.11 Å². The summed E-state index contributed by atoms with van der Waals surface area (Å²) in [6, 6.07) is 6.62. The van der Waals surface area contributed by atoms with Gasteiger partial charge in [-0.1, -0.05) is 18.2 Å². The van der Waals surface area contributed by atoms with E-state index in [2.05, 4.69) is 5.32 Å². The molecule has 122 valence electrons. The molecule has 0 aliphatic carbocycles. The topological polar surface area (TPSA) is 96.0 Å². The van der Waals surface area contributed by atoms with Gasteiger partial charge in [-0.2, -0.15) is 0 Å². The van der Waals surface area contributed by atoms with Crippen LogP contribution < -0.4 is 10.1 Å². The van der Waals surface area contributed by atoms with Gasteiger partial charge in [0.15, 0.2) is 0 Å². The van der Waals surface area contributed by atoms with Gasteiger partial charge in [0.1, 0.15) is 12.3 Å². The van der Waals surface area contributed by atoms with Crippen LogP contribution in [0.3, 0.4) is 0 Å². The minimum Gasteiger partial charge on any atom is -0.496 e. The summed E-state index contributed by atoms with van der Waals surface area (Å²) < 4.78 is 5.21. The fourth-order valence-corrected chi connectivity index (χ4v) is 2.20. The molecule has 23 heavy (non-hydrogen) atoms. The molecule has 1 aromatic rings. The van der Waals surface area contributed by atoms with Crippen LogP contribution in [0.1, 0.15) is 5.56 Å². The Balaban J connectivity index is 1.85. The molecule has 8 heteroatoms. The fourth-order valence-electron chi connectivity index (χ4n) is 2.20. The van der Waals surface area contributed by atoms with E-state index < -0.39 is 30.3 Å². The molecule has 8 nitrogen and oxygen atoms in total. The Bertz CT molecular complexity index is 658. The SMILES string of the molecule is COc1ccccc1CCNC(=O)CN1C(=O)C(=O)N(C)C1=O. The third kappa shape index (κ3) is 3.47. The van der Waals surface area contributed by atoms with E-state index in [-0.39, 0.29) is 0 Å². The van der Waals surface area contributed by atoms with Crippen molar-refractivity contribution in [3.63, 3.8) is 0 Å². The van der Waals surface area contributed by atoms with Crippen LogP contribution in [0.5, 0.6) is 5.75 Å². The van der Waals surface area contributed by atoms with E-state index in [1.807, 2.05) is 24.3 Å². The van der Waals surface area contributed by atoms with Crippen molar-refractivity contribution < 1.29 is 23.9 Å². The standard InChI is InChI=1S/C15H17N3O5/c1-17-13(20)14(21)18(15(17)22)9-12(19)16-8-7-10-5-3-4-6-11(10)23-2/h3-6H,7-9H2,1-2H3,(H,16,19). The molecule has 0 radical (unpaired) electrons. The molecular weight excluding hydrogens is 302 g/mol. The summed E-state index contributed by atoms with van der Waals surface area (Å²) in [4.78, 5) is 47.7. The van der Waals surface area contributed by atoms with Crippen molar-refractivity contribution in [3.05, 3.63) is 29.8 Å². The zero-order valence-electron chi connectivity index (χ0n) is 12.9. The van der Waals surface area contributed by atoms with Gasteiger partial charge in [0.25, 0.3) is 0 Å². The number of hydrogen-bond donors (Lipinski definition) is 1. The lowest BCUT2D eigenvalue weighted by atomic mass is 10.1. The van der Waals surface area contributed by atoms with E-state index in [1.165, 1.54) is 7.05 Å². The number of imide groups is 2. The van der Waals surface area contributed by atoms with Crippen LogP contribution >= 0.6 is 0 Å². The van der Waals surface area contributed by atoms with E-state index in [1.54, 1.807) is 7.11 Å². The number of urea groups is 1. The van der Waals surface area contributed by atoms with Gasteiger partial charge < -0.3 is 10.1 Å². The molecule has 1 aliphatic rings. The van der Waals surface area contributed by atoms with E-state index >= 15 is 0 Å². The van der Waals surface area contributed by atoms with Crippen molar-refractivity contribution >= 4 is 23.8 Å². The number of para-hydroxylation sites is 1. The molecule has 0 saturated carbocycles. The molecule has 0 atom stereocenters. The van der Waals surface area contributed by atoms with Crippen molar-refractivity contribution in [2.75, 3.05) is 27.2 Å². The summed E-state index contributed by atoms with van der Waals surface area (Å²) in [5.41, 5.74) is 0.929. The molecule has 1 saturated heterocycles. The summed E-state index contributed by atoms with van der Waals surface area (Å²) >= 11 is 0. The first-order valence-corrected chi connectivity index (χ1v) is 6.97. The number of likely N-dealkylation sites (N-methyl/N-ethyl adjacent to an activating group) is 1. The number of ether oxygens (including phenoxy) is 1. The monoisotopic (exact) mass is 319 g/mol. The minimum atomic E-state index is -0.989. The molecule has 1 heterocycles. The predicted octanol–water partition coefficient (Wildman–Crippen LogP) is -0.225. The molecule has 1 fully saturated rings. The smallest absolute Gasteiger partial charge is 0.334 e. The molecule has 0 bridgehead atoms. The lowest BCUT2D eigenvalue weighted by molar-refractivity contribution is -0.143. The number of carbonyl (C=O) groups is 4. The summed E-state index contributed by atoms with van der Waals surface area (Å²) in [5, 5.41) is 2.61. The molecule has 0 unspecified atom stereocenters. The highest BCUT2D eigenvalue weighted by Gasteiger charge is 2.42. The largest absolute Gasteiger partial charge is 0.496 e. The third-order valence-corrected chi connectivity index (χ3v) is 3.46. The first kappa shape index (κ1) is 16.5. The molecule has 0 aromatic heterocycles. The van der Waals surface area contributed by atoms with Gasteiger partial charge in [-0.05, 0) is 18.1 Å². The second-order valence-electron chi connectivity index (χ2n) is 4.95. The highest BCUT2D eigenvalue weighted by molar-refractivity contribution is 6.44. The lowest BCUT2D eigenvalue weighted by Gasteiger charge is -2.13. The fraction of sp³-hybridized carbons (Fsp3) is 0.333. The molecule has 2 rings (SSSR count).